The standard InChI is InChI=1S/C10H13N3O/c1-14-5-4-11-8-2-3-9-10(6-8)13-7-12-9/h2-3,6-7,11H,4-5H2,1H3,(H,12,13). The number of ether oxygens (including phenoxy) is 1. The van der Waals surface area contributed by atoms with Crippen molar-refractivity contribution in [3.8, 4) is 0 Å². The van der Waals surface area contributed by atoms with Crippen LogP contribution in [0.15, 0.2) is 24.5 Å². The van der Waals surface area contributed by atoms with Crippen LogP contribution in [0.3, 0.4) is 0 Å². The molecule has 0 amide bonds. The van der Waals surface area contributed by atoms with Crippen molar-refractivity contribution in [2.45, 2.75) is 0 Å². The second kappa shape index (κ2) is 4.11. The number of nitrogens with zero attached hydrogens (tertiary/aromatic N) is 1. The zero-order valence-corrected chi connectivity index (χ0v) is 8.08. The molecule has 0 spiro atoms. The molecule has 0 saturated heterocycles. The first-order chi connectivity index (χ1) is 6.90. The van der Waals surface area contributed by atoms with Crippen LogP contribution in [0.1, 0.15) is 0 Å². The SMILES string of the molecule is COCCNc1ccc2nc[nH]c2c1. The average Bonchev–Trinajstić information content (AvgIpc) is 2.65. The van der Waals surface area contributed by atoms with E-state index in [1.807, 2.05) is 18.2 Å². The highest BCUT2D eigenvalue weighted by Gasteiger charge is 1.96. The Morgan fingerprint density at radius 1 is 1.50 bits per heavy atom. The van der Waals surface area contributed by atoms with E-state index in [0.29, 0.717) is 6.61 Å². The van der Waals surface area contributed by atoms with Gasteiger partial charge in [-0.3, -0.25) is 0 Å². The van der Waals surface area contributed by atoms with Crippen LogP contribution in [0.2, 0.25) is 0 Å². The summed E-state index contributed by atoms with van der Waals surface area (Å²) in [6.07, 6.45) is 1.70. The van der Waals surface area contributed by atoms with Crippen LogP contribution in [0.5, 0.6) is 0 Å². The van der Waals surface area contributed by atoms with Crippen LogP contribution < -0.4 is 5.32 Å². The summed E-state index contributed by atoms with van der Waals surface area (Å²) in [7, 11) is 1.69. The Morgan fingerprint density at radius 2 is 2.43 bits per heavy atom. The van der Waals surface area contributed by atoms with E-state index in [1.54, 1.807) is 13.4 Å². The molecular formula is C10H13N3O. The zero-order chi connectivity index (χ0) is 9.80. The average molecular weight is 191 g/mol. The van der Waals surface area contributed by atoms with Gasteiger partial charge in [0.1, 0.15) is 0 Å². The number of benzene rings is 1. The maximum atomic E-state index is 4.95. The van der Waals surface area contributed by atoms with Crippen molar-refractivity contribution in [2.24, 2.45) is 0 Å². The smallest absolute Gasteiger partial charge is 0.0931 e. The van der Waals surface area contributed by atoms with Gasteiger partial charge >= 0.3 is 0 Å². The highest BCUT2D eigenvalue weighted by atomic mass is 16.5. The first kappa shape index (κ1) is 9.02. The van der Waals surface area contributed by atoms with Gasteiger partial charge in [-0.05, 0) is 18.2 Å². The molecule has 1 aromatic heterocycles. The van der Waals surface area contributed by atoms with Crippen molar-refractivity contribution in [3.63, 3.8) is 0 Å². The Morgan fingerprint density at radius 3 is 3.29 bits per heavy atom. The van der Waals surface area contributed by atoms with Crippen molar-refractivity contribution in [1.29, 1.82) is 0 Å². The Bertz CT molecular complexity index is 410. The lowest BCUT2D eigenvalue weighted by Crippen LogP contribution is -2.07. The Balaban J connectivity index is 2.10. The van der Waals surface area contributed by atoms with Gasteiger partial charge in [-0.2, -0.15) is 0 Å². The largest absolute Gasteiger partial charge is 0.383 e. The number of H-pyrrole nitrogens is 1. The number of anilines is 1. The summed E-state index contributed by atoms with van der Waals surface area (Å²) in [6.45, 7) is 1.52. The highest BCUT2D eigenvalue weighted by molar-refractivity contribution is 5.78. The van der Waals surface area contributed by atoms with Crippen LogP contribution >= 0.6 is 0 Å². The molecule has 0 saturated carbocycles. The minimum absolute atomic E-state index is 0.709. The predicted molar refractivity (Wildman–Crippen MR) is 56.5 cm³/mol. The summed E-state index contributed by atoms with van der Waals surface area (Å²) in [6, 6.07) is 6.04. The van der Waals surface area contributed by atoms with Gasteiger partial charge < -0.3 is 15.0 Å². The van der Waals surface area contributed by atoms with Gasteiger partial charge in [-0.15, -0.1) is 0 Å². The summed E-state index contributed by atoms with van der Waals surface area (Å²) in [5, 5.41) is 3.25. The molecule has 0 bridgehead atoms. The molecule has 1 heterocycles. The fourth-order valence-electron chi connectivity index (χ4n) is 1.34. The number of aromatic amines is 1. The minimum Gasteiger partial charge on any atom is -0.383 e. The molecule has 1 aromatic carbocycles. The van der Waals surface area contributed by atoms with Gasteiger partial charge in [-0.25, -0.2) is 4.98 Å². The summed E-state index contributed by atoms with van der Waals surface area (Å²) in [4.78, 5) is 7.22. The number of hydrogen-bond acceptors (Lipinski definition) is 3. The molecule has 74 valence electrons. The molecule has 0 fully saturated rings. The first-order valence-corrected chi connectivity index (χ1v) is 4.56. The monoisotopic (exact) mass is 191 g/mol. The molecule has 0 atom stereocenters. The number of fused-ring (bicyclic) bond motifs is 1. The predicted octanol–water partition coefficient (Wildman–Crippen LogP) is 1.62. The highest BCUT2D eigenvalue weighted by Crippen LogP contribution is 2.14. The third kappa shape index (κ3) is 1.85. The van der Waals surface area contributed by atoms with Crippen molar-refractivity contribution >= 4 is 16.7 Å². The molecule has 0 aliphatic carbocycles. The van der Waals surface area contributed by atoms with Crippen LogP contribution in [0, 0.1) is 0 Å². The summed E-state index contributed by atoms with van der Waals surface area (Å²) >= 11 is 0. The Kier molecular flexibility index (Phi) is 2.65. The molecule has 14 heavy (non-hydrogen) atoms. The van der Waals surface area contributed by atoms with Gasteiger partial charge in [0.2, 0.25) is 0 Å². The van der Waals surface area contributed by atoms with E-state index >= 15 is 0 Å². The molecule has 0 radical (unpaired) electrons. The van der Waals surface area contributed by atoms with Gasteiger partial charge in [0.25, 0.3) is 0 Å². The lowest BCUT2D eigenvalue weighted by molar-refractivity contribution is 0.211. The van der Waals surface area contributed by atoms with E-state index < -0.39 is 0 Å². The Hall–Kier alpha value is -1.55. The van der Waals surface area contributed by atoms with E-state index in [1.165, 1.54) is 0 Å². The first-order valence-electron chi connectivity index (χ1n) is 4.56. The number of hydrogen-bond donors (Lipinski definition) is 2. The maximum Gasteiger partial charge on any atom is 0.0931 e. The molecule has 4 heteroatoms. The van der Waals surface area contributed by atoms with E-state index in [-0.39, 0.29) is 0 Å². The van der Waals surface area contributed by atoms with Crippen molar-refractivity contribution < 1.29 is 4.74 Å². The maximum absolute atomic E-state index is 4.95. The van der Waals surface area contributed by atoms with E-state index in [0.717, 1.165) is 23.3 Å². The molecule has 0 aliphatic rings. The second-order valence-corrected chi connectivity index (χ2v) is 3.05. The number of rotatable bonds is 4. The molecule has 2 rings (SSSR count). The second-order valence-electron chi connectivity index (χ2n) is 3.05. The van der Waals surface area contributed by atoms with Gasteiger partial charge in [-0.1, -0.05) is 0 Å². The van der Waals surface area contributed by atoms with E-state index in [9.17, 15) is 0 Å². The molecule has 2 N–H and O–H groups in total. The zero-order valence-electron chi connectivity index (χ0n) is 8.08. The molecular weight excluding hydrogens is 178 g/mol. The summed E-state index contributed by atoms with van der Waals surface area (Å²) < 4.78 is 4.95. The van der Waals surface area contributed by atoms with Gasteiger partial charge in [0, 0.05) is 19.3 Å². The van der Waals surface area contributed by atoms with Gasteiger partial charge in [0.05, 0.1) is 24.0 Å². The van der Waals surface area contributed by atoms with Crippen LogP contribution in [-0.4, -0.2) is 30.2 Å². The quantitative estimate of drug-likeness (QED) is 0.722. The fraction of sp³-hybridized carbons (Fsp3) is 0.300. The third-order valence-corrected chi connectivity index (χ3v) is 2.06. The van der Waals surface area contributed by atoms with E-state index in [2.05, 4.69) is 15.3 Å². The molecule has 4 nitrogen and oxygen atoms in total. The third-order valence-electron chi connectivity index (χ3n) is 2.06. The number of nitrogens with one attached hydrogen (secondary N) is 2. The van der Waals surface area contributed by atoms with Crippen LogP contribution in [0.4, 0.5) is 5.69 Å². The summed E-state index contributed by atoms with van der Waals surface area (Å²) in [5.41, 5.74) is 3.12. The topological polar surface area (TPSA) is 49.9 Å². The Labute approximate surface area is 82.3 Å². The summed E-state index contributed by atoms with van der Waals surface area (Å²) in [5.74, 6) is 0. The minimum atomic E-state index is 0.709. The van der Waals surface area contributed by atoms with Crippen LogP contribution in [0.25, 0.3) is 11.0 Å². The molecule has 0 aliphatic heterocycles. The number of imidazole rings is 1. The normalized spacial score (nSPS) is 10.6. The number of methoxy groups -OCH3 is 1. The van der Waals surface area contributed by atoms with Crippen molar-refractivity contribution in [2.75, 3.05) is 25.6 Å². The van der Waals surface area contributed by atoms with Crippen molar-refractivity contribution in [3.05, 3.63) is 24.5 Å². The lowest BCUT2D eigenvalue weighted by Gasteiger charge is -2.04. The van der Waals surface area contributed by atoms with Crippen LogP contribution in [-0.2, 0) is 4.74 Å². The molecule has 0 unspecified atom stereocenters. The fourth-order valence-corrected chi connectivity index (χ4v) is 1.34. The lowest BCUT2D eigenvalue weighted by atomic mass is 10.3. The van der Waals surface area contributed by atoms with Gasteiger partial charge in [0.15, 0.2) is 0 Å². The van der Waals surface area contributed by atoms with E-state index in [4.69, 9.17) is 4.74 Å². The van der Waals surface area contributed by atoms with Crippen molar-refractivity contribution in [1.82, 2.24) is 9.97 Å². The molecule has 2 aromatic rings. The number of aromatic nitrogens is 2.